The van der Waals surface area contributed by atoms with Gasteiger partial charge in [0.2, 0.25) is 5.91 Å². The Hall–Kier alpha value is -1.35. The van der Waals surface area contributed by atoms with Gasteiger partial charge in [-0.15, -0.1) is 0 Å². The van der Waals surface area contributed by atoms with Crippen molar-refractivity contribution >= 4 is 5.91 Å². The Bertz CT molecular complexity index is 491. The lowest BCUT2D eigenvalue weighted by molar-refractivity contribution is -0.137. The topological polar surface area (TPSA) is 23.6 Å². The van der Waals surface area contributed by atoms with Gasteiger partial charge in [0.05, 0.1) is 5.92 Å². The zero-order chi connectivity index (χ0) is 16.8. The molecule has 0 aromatic heterocycles. The van der Waals surface area contributed by atoms with Gasteiger partial charge >= 0.3 is 0 Å². The fraction of sp³-hybridized carbons (Fsp3) is 0.650. The molecular weight excluding hydrogens is 284 g/mol. The average molecular weight is 316 g/mol. The number of benzene rings is 1. The molecule has 0 bridgehead atoms. The Morgan fingerprint density at radius 1 is 1.22 bits per heavy atom. The minimum atomic E-state index is 0.179. The molecule has 1 saturated heterocycles. The van der Waals surface area contributed by atoms with E-state index in [0.29, 0.717) is 11.8 Å². The standard InChI is InChI=1S/C20H32N2O/c1-5-22(6-2)20(23)19-8-7-13-21(15-19)14-17-9-11-18(12-10-17)16(3)4/h9-12,16,19H,5-8,13-15H2,1-4H3. The third-order valence-corrected chi connectivity index (χ3v) is 4.98. The van der Waals surface area contributed by atoms with Crippen molar-refractivity contribution in [1.29, 1.82) is 0 Å². The first kappa shape index (κ1) is 18.0. The SMILES string of the molecule is CCN(CC)C(=O)C1CCCN(Cc2ccc(C(C)C)cc2)C1. The van der Waals surface area contributed by atoms with Gasteiger partial charge < -0.3 is 4.90 Å². The molecule has 0 radical (unpaired) electrons. The maximum Gasteiger partial charge on any atom is 0.226 e. The van der Waals surface area contributed by atoms with Crippen LogP contribution in [-0.4, -0.2) is 41.9 Å². The van der Waals surface area contributed by atoms with E-state index < -0.39 is 0 Å². The van der Waals surface area contributed by atoms with Crippen LogP contribution in [0.2, 0.25) is 0 Å². The molecule has 23 heavy (non-hydrogen) atoms. The van der Waals surface area contributed by atoms with Crippen LogP contribution in [0.25, 0.3) is 0 Å². The first-order chi connectivity index (χ1) is 11.0. The molecular formula is C20H32N2O. The quantitative estimate of drug-likeness (QED) is 0.795. The number of piperidine rings is 1. The lowest BCUT2D eigenvalue weighted by Crippen LogP contribution is -2.44. The molecule has 1 aromatic rings. The molecule has 3 nitrogen and oxygen atoms in total. The van der Waals surface area contributed by atoms with Crippen molar-refractivity contribution in [3.05, 3.63) is 35.4 Å². The van der Waals surface area contributed by atoms with Crippen LogP contribution in [0.15, 0.2) is 24.3 Å². The summed E-state index contributed by atoms with van der Waals surface area (Å²) >= 11 is 0. The molecule has 1 aliphatic heterocycles. The van der Waals surface area contributed by atoms with E-state index >= 15 is 0 Å². The first-order valence-corrected chi connectivity index (χ1v) is 9.15. The van der Waals surface area contributed by atoms with Gasteiger partial charge in [-0.2, -0.15) is 0 Å². The van der Waals surface area contributed by atoms with E-state index in [9.17, 15) is 4.79 Å². The zero-order valence-electron chi connectivity index (χ0n) is 15.2. The molecule has 1 fully saturated rings. The lowest BCUT2D eigenvalue weighted by atomic mass is 9.95. The van der Waals surface area contributed by atoms with Gasteiger partial charge in [-0.05, 0) is 50.3 Å². The highest BCUT2D eigenvalue weighted by molar-refractivity contribution is 5.79. The van der Waals surface area contributed by atoms with Gasteiger partial charge in [0, 0.05) is 26.2 Å². The molecule has 0 saturated carbocycles. The fourth-order valence-corrected chi connectivity index (χ4v) is 3.46. The Kier molecular flexibility index (Phi) is 6.64. The monoisotopic (exact) mass is 316 g/mol. The number of carbonyl (C=O) groups is 1. The Morgan fingerprint density at radius 2 is 1.87 bits per heavy atom. The van der Waals surface area contributed by atoms with Crippen LogP contribution in [0, 0.1) is 5.92 Å². The summed E-state index contributed by atoms with van der Waals surface area (Å²) in [5.41, 5.74) is 2.74. The van der Waals surface area contributed by atoms with E-state index in [1.54, 1.807) is 0 Å². The Balaban J connectivity index is 1.94. The van der Waals surface area contributed by atoms with Gasteiger partial charge in [0.25, 0.3) is 0 Å². The number of amides is 1. The summed E-state index contributed by atoms with van der Waals surface area (Å²) in [5.74, 6) is 1.10. The second kappa shape index (κ2) is 8.49. The minimum Gasteiger partial charge on any atom is -0.343 e. The largest absolute Gasteiger partial charge is 0.343 e. The maximum absolute atomic E-state index is 12.6. The van der Waals surface area contributed by atoms with Crippen molar-refractivity contribution in [2.45, 2.75) is 53.0 Å². The molecule has 0 N–H and O–H groups in total. The maximum atomic E-state index is 12.6. The van der Waals surface area contributed by atoms with Crippen LogP contribution in [0.5, 0.6) is 0 Å². The van der Waals surface area contributed by atoms with Gasteiger partial charge in [0.1, 0.15) is 0 Å². The third kappa shape index (κ3) is 4.81. The first-order valence-electron chi connectivity index (χ1n) is 9.15. The lowest BCUT2D eigenvalue weighted by Gasteiger charge is -2.34. The van der Waals surface area contributed by atoms with Crippen molar-refractivity contribution in [1.82, 2.24) is 9.80 Å². The van der Waals surface area contributed by atoms with Crippen molar-refractivity contribution in [2.75, 3.05) is 26.2 Å². The van der Waals surface area contributed by atoms with E-state index in [2.05, 4.69) is 56.9 Å². The molecule has 128 valence electrons. The van der Waals surface area contributed by atoms with Gasteiger partial charge in [-0.1, -0.05) is 38.1 Å². The molecule has 3 heteroatoms. The van der Waals surface area contributed by atoms with Crippen LogP contribution >= 0.6 is 0 Å². The highest BCUT2D eigenvalue weighted by atomic mass is 16.2. The smallest absolute Gasteiger partial charge is 0.226 e. The summed E-state index contributed by atoms with van der Waals surface area (Å²) in [5, 5.41) is 0. The van der Waals surface area contributed by atoms with Crippen LogP contribution in [0.4, 0.5) is 0 Å². The van der Waals surface area contributed by atoms with Crippen LogP contribution in [-0.2, 0) is 11.3 Å². The van der Waals surface area contributed by atoms with Crippen LogP contribution in [0.1, 0.15) is 57.6 Å². The third-order valence-electron chi connectivity index (χ3n) is 4.98. The summed E-state index contributed by atoms with van der Waals surface area (Å²) < 4.78 is 0. The number of carbonyl (C=O) groups excluding carboxylic acids is 1. The molecule has 0 aliphatic carbocycles. The molecule has 1 unspecified atom stereocenters. The molecule has 2 rings (SSSR count). The normalized spacial score (nSPS) is 19.1. The summed E-state index contributed by atoms with van der Waals surface area (Å²) in [4.78, 5) is 17.0. The molecule has 1 heterocycles. The molecule has 1 aliphatic rings. The van der Waals surface area contributed by atoms with Crippen molar-refractivity contribution in [3.8, 4) is 0 Å². The second-order valence-electron chi connectivity index (χ2n) is 6.98. The van der Waals surface area contributed by atoms with Gasteiger partial charge in [-0.3, -0.25) is 9.69 Å². The van der Waals surface area contributed by atoms with E-state index in [4.69, 9.17) is 0 Å². The number of hydrogen-bond acceptors (Lipinski definition) is 2. The van der Waals surface area contributed by atoms with Crippen molar-refractivity contribution in [2.24, 2.45) is 5.92 Å². The molecule has 1 atom stereocenters. The van der Waals surface area contributed by atoms with Gasteiger partial charge in [-0.25, -0.2) is 0 Å². The van der Waals surface area contributed by atoms with E-state index in [1.165, 1.54) is 11.1 Å². The molecule has 0 spiro atoms. The average Bonchev–Trinajstić information content (AvgIpc) is 2.56. The number of rotatable bonds is 6. The van der Waals surface area contributed by atoms with Gasteiger partial charge in [0.15, 0.2) is 0 Å². The predicted octanol–water partition coefficient (Wildman–Crippen LogP) is 3.89. The van der Waals surface area contributed by atoms with Crippen LogP contribution in [0.3, 0.4) is 0 Å². The van der Waals surface area contributed by atoms with Crippen molar-refractivity contribution < 1.29 is 4.79 Å². The number of nitrogens with zero attached hydrogens (tertiary/aromatic N) is 2. The van der Waals surface area contributed by atoms with E-state index in [-0.39, 0.29) is 5.92 Å². The van der Waals surface area contributed by atoms with Crippen LogP contribution < -0.4 is 0 Å². The molecule has 1 aromatic carbocycles. The summed E-state index contributed by atoms with van der Waals surface area (Å²) in [6.07, 6.45) is 2.17. The Labute approximate surface area is 141 Å². The number of hydrogen-bond donors (Lipinski definition) is 0. The predicted molar refractivity (Wildman–Crippen MR) is 96.5 cm³/mol. The zero-order valence-corrected chi connectivity index (χ0v) is 15.2. The summed E-state index contributed by atoms with van der Waals surface area (Å²) in [6.45, 7) is 13.2. The highest BCUT2D eigenvalue weighted by Crippen LogP contribution is 2.21. The minimum absolute atomic E-state index is 0.179. The Morgan fingerprint density at radius 3 is 2.43 bits per heavy atom. The summed E-state index contributed by atoms with van der Waals surface area (Å²) in [7, 11) is 0. The molecule has 1 amide bonds. The summed E-state index contributed by atoms with van der Waals surface area (Å²) in [6, 6.07) is 8.96. The van der Waals surface area contributed by atoms with E-state index in [0.717, 1.165) is 45.6 Å². The fourth-order valence-electron chi connectivity index (χ4n) is 3.46. The number of likely N-dealkylation sites (tertiary alicyclic amines) is 1. The highest BCUT2D eigenvalue weighted by Gasteiger charge is 2.28. The van der Waals surface area contributed by atoms with Crippen molar-refractivity contribution in [3.63, 3.8) is 0 Å². The van der Waals surface area contributed by atoms with E-state index in [1.807, 2.05) is 4.90 Å². The second-order valence-corrected chi connectivity index (χ2v) is 6.98.